The number of aliphatic hydroxyl groups excluding tert-OH is 2. The van der Waals surface area contributed by atoms with E-state index in [9.17, 15) is 19.1 Å². The van der Waals surface area contributed by atoms with E-state index < -0.39 is 42.5 Å². The molecule has 1 aliphatic rings. The highest BCUT2D eigenvalue weighted by Crippen LogP contribution is 2.30. The number of H-pyrrole nitrogens is 1. The van der Waals surface area contributed by atoms with Gasteiger partial charge in [-0.1, -0.05) is 0 Å². The van der Waals surface area contributed by atoms with Gasteiger partial charge in [0, 0.05) is 17.6 Å². The van der Waals surface area contributed by atoms with Crippen LogP contribution in [0, 0.1) is 0 Å². The molecule has 1 aliphatic heterocycles. The van der Waals surface area contributed by atoms with Gasteiger partial charge in [-0.3, -0.25) is 14.3 Å². The number of halogens is 2. The van der Waals surface area contributed by atoms with Gasteiger partial charge in [-0.05, 0) is 6.42 Å². The molecule has 2 rings (SSSR count). The first-order valence-electron chi connectivity index (χ1n) is 5.98. The summed E-state index contributed by atoms with van der Waals surface area (Å²) in [7, 11) is 0. The van der Waals surface area contributed by atoms with Gasteiger partial charge in [0.05, 0.1) is 6.61 Å². The summed E-state index contributed by atoms with van der Waals surface area (Å²) in [6.45, 7) is -0.579. The van der Waals surface area contributed by atoms with Crippen molar-refractivity contribution in [1.82, 2.24) is 9.55 Å². The van der Waals surface area contributed by atoms with E-state index >= 15 is 0 Å². The Morgan fingerprint density at radius 3 is 2.75 bits per heavy atom. The number of rotatable bonds is 4. The van der Waals surface area contributed by atoms with Crippen molar-refractivity contribution in [2.24, 2.45) is 0 Å². The van der Waals surface area contributed by atoms with Gasteiger partial charge in [0.2, 0.25) is 0 Å². The van der Waals surface area contributed by atoms with E-state index in [1.807, 2.05) is 4.98 Å². The van der Waals surface area contributed by atoms with Crippen molar-refractivity contribution in [2.45, 2.75) is 31.0 Å². The molecule has 1 saturated heterocycles. The molecule has 4 atom stereocenters. The molecular weight excluding hydrogens is 295 g/mol. The topological polar surface area (TPSA) is 105 Å². The molecule has 112 valence electrons. The van der Waals surface area contributed by atoms with E-state index in [4.69, 9.17) is 21.4 Å². The number of aromatic nitrogens is 2. The van der Waals surface area contributed by atoms with Crippen LogP contribution < -0.4 is 11.2 Å². The molecular formula is C11H14ClFN2O5. The van der Waals surface area contributed by atoms with Gasteiger partial charge in [-0.25, -0.2) is 9.18 Å². The van der Waals surface area contributed by atoms with Gasteiger partial charge in [0.25, 0.3) is 5.56 Å². The highest BCUT2D eigenvalue weighted by atomic mass is 35.5. The van der Waals surface area contributed by atoms with Crippen LogP contribution in [0.2, 0.25) is 0 Å². The highest BCUT2D eigenvalue weighted by Gasteiger charge is 2.45. The lowest BCUT2D eigenvalue weighted by molar-refractivity contribution is -0.0492. The maximum Gasteiger partial charge on any atom is 0.330 e. The van der Waals surface area contributed by atoms with E-state index in [2.05, 4.69) is 0 Å². The first-order chi connectivity index (χ1) is 9.49. The van der Waals surface area contributed by atoms with Crippen LogP contribution in [0.4, 0.5) is 4.39 Å². The van der Waals surface area contributed by atoms with Gasteiger partial charge in [-0.2, -0.15) is 0 Å². The van der Waals surface area contributed by atoms with Crippen molar-refractivity contribution in [3.8, 4) is 0 Å². The Bertz CT molecular complexity index is 589. The second-order valence-electron chi connectivity index (χ2n) is 4.44. The van der Waals surface area contributed by atoms with Crippen molar-refractivity contribution >= 4 is 11.6 Å². The van der Waals surface area contributed by atoms with E-state index in [0.717, 1.165) is 10.8 Å². The Hall–Kier alpha value is -1.22. The minimum atomic E-state index is -1.89. The Labute approximate surface area is 117 Å². The van der Waals surface area contributed by atoms with Crippen LogP contribution in [0.3, 0.4) is 0 Å². The van der Waals surface area contributed by atoms with Gasteiger partial charge >= 0.3 is 5.69 Å². The van der Waals surface area contributed by atoms with Crippen molar-refractivity contribution in [1.29, 1.82) is 0 Å². The molecule has 0 aromatic carbocycles. The van der Waals surface area contributed by atoms with Gasteiger partial charge in [-0.15, -0.1) is 11.6 Å². The zero-order valence-electron chi connectivity index (χ0n) is 10.3. The molecule has 4 unspecified atom stereocenters. The second kappa shape index (κ2) is 6.04. The standard InChI is InChI=1S/C11H14ClFN2O5/c12-2-1-5-3-15(11(19)14-9(5)18)10-7(13)8(17)6(4-16)20-10/h3,6-8,10,16-17H,1-2,4H2,(H,14,18,19). The van der Waals surface area contributed by atoms with Crippen LogP contribution in [0.25, 0.3) is 0 Å². The minimum absolute atomic E-state index is 0.160. The largest absolute Gasteiger partial charge is 0.394 e. The first-order valence-corrected chi connectivity index (χ1v) is 6.51. The van der Waals surface area contributed by atoms with E-state index in [0.29, 0.717) is 0 Å². The Morgan fingerprint density at radius 1 is 1.50 bits per heavy atom. The highest BCUT2D eigenvalue weighted by molar-refractivity contribution is 6.17. The summed E-state index contributed by atoms with van der Waals surface area (Å²) in [5.74, 6) is 0.160. The molecule has 3 N–H and O–H groups in total. The second-order valence-corrected chi connectivity index (χ2v) is 4.82. The predicted molar refractivity (Wildman–Crippen MR) is 67.6 cm³/mol. The van der Waals surface area contributed by atoms with E-state index in [1.165, 1.54) is 0 Å². The van der Waals surface area contributed by atoms with Crippen molar-refractivity contribution in [3.05, 3.63) is 32.6 Å². The molecule has 1 fully saturated rings. The lowest BCUT2D eigenvalue weighted by atomic mass is 10.1. The predicted octanol–water partition coefficient (Wildman–Crippen LogP) is -1.09. The SMILES string of the molecule is O=c1[nH]c(=O)n(C2OC(CO)C(O)C2F)cc1CCCl. The molecule has 20 heavy (non-hydrogen) atoms. The summed E-state index contributed by atoms with van der Waals surface area (Å²) in [6, 6.07) is 0. The van der Waals surface area contributed by atoms with Crippen LogP contribution >= 0.6 is 11.6 Å². The quantitative estimate of drug-likeness (QED) is 0.613. The molecule has 0 amide bonds. The molecule has 0 radical (unpaired) electrons. The molecule has 0 bridgehead atoms. The summed E-state index contributed by atoms with van der Waals surface area (Å²) >= 11 is 5.54. The third kappa shape index (κ3) is 2.64. The summed E-state index contributed by atoms with van der Waals surface area (Å²) in [5.41, 5.74) is -1.25. The first kappa shape index (κ1) is 15.2. The van der Waals surface area contributed by atoms with Crippen molar-refractivity contribution < 1.29 is 19.3 Å². The summed E-state index contributed by atoms with van der Waals surface area (Å²) in [4.78, 5) is 25.3. The zero-order chi connectivity index (χ0) is 14.9. The number of hydrogen-bond acceptors (Lipinski definition) is 5. The molecule has 0 saturated carbocycles. The number of nitrogens with one attached hydrogen (secondary N) is 1. The lowest BCUT2D eigenvalue weighted by Gasteiger charge is -2.16. The molecule has 9 heteroatoms. The number of nitrogens with zero attached hydrogens (tertiary/aromatic N) is 1. The Balaban J connectivity index is 2.40. The number of ether oxygens (including phenoxy) is 1. The Morgan fingerprint density at radius 2 is 2.20 bits per heavy atom. The monoisotopic (exact) mass is 308 g/mol. The molecule has 0 aliphatic carbocycles. The molecule has 0 spiro atoms. The van der Waals surface area contributed by atoms with Crippen LogP contribution in [0.15, 0.2) is 15.8 Å². The number of aromatic amines is 1. The summed E-state index contributed by atoms with van der Waals surface area (Å²) in [5, 5.41) is 18.5. The van der Waals surface area contributed by atoms with Gasteiger partial charge < -0.3 is 14.9 Å². The number of aliphatic hydroxyl groups is 2. The minimum Gasteiger partial charge on any atom is -0.394 e. The number of hydrogen-bond donors (Lipinski definition) is 3. The summed E-state index contributed by atoms with van der Waals surface area (Å²) in [6.07, 6.45) is -4.59. The molecule has 7 nitrogen and oxygen atoms in total. The fourth-order valence-corrected chi connectivity index (χ4v) is 2.28. The van der Waals surface area contributed by atoms with Crippen molar-refractivity contribution in [2.75, 3.05) is 12.5 Å². The molecule has 1 aromatic rings. The van der Waals surface area contributed by atoms with Crippen LogP contribution in [-0.4, -0.2) is 50.6 Å². The third-order valence-electron chi connectivity index (χ3n) is 3.15. The Kier molecular flexibility index (Phi) is 4.59. The van der Waals surface area contributed by atoms with E-state index in [1.54, 1.807) is 0 Å². The zero-order valence-corrected chi connectivity index (χ0v) is 11.1. The lowest BCUT2D eigenvalue weighted by Crippen LogP contribution is -2.37. The van der Waals surface area contributed by atoms with Crippen LogP contribution in [0.1, 0.15) is 11.8 Å². The maximum atomic E-state index is 13.9. The smallest absolute Gasteiger partial charge is 0.330 e. The van der Waals surface area contributed by atoms with Gasteiger partial charge in [0.15, 0.2) is 12.4 Å². The van der Waals surface area contributed by atoms with Gasteiger partial charge in [0.1, 0.15) is 12.2 Å². The van der Waals surface area contributed by atoms with E-state index in [-0.39, 0.29) is 17.9 Å². The maximum absolute atomic E-state index is 13.9. The van der Waals surface area contributed by atoms with Crippen LogP contribution in [0.5, 0.6) is 0 Å². The average Bonchev–Trinajstić information content (AvgIpc) is 2.70. The fourth-order valence-electron chi connectivity index (χ4n) is 2.07. The fraction of sp³-hybridized carbons (Fsp3) is 0.636. The normalized spacial score (nSPS) is 29.8. The summed E-state index contributed by atoms with van der Waals surface area (Å²) < 4.78 is 19.9. The molecule has 1 aromatic heterocycles. The average molecular weight is 309 g/mol. The molecule has 2 heterocycles. The third-order valence-corrected chi connectivity index (χ3v) is 3.34. The van der Waals surface area contributed by atoms with Crippen LogP contribution in [-0.2, 0) is 11.2 Å². The number of aryl methyl sites for hydroxylation is 1. The van der Waals surface area contributed by atoms with Crippen molar-refractivity contribution in [3.63, 3.8) is 0 Å². The number of alkyl halides is 2.